The summed E-state index contributed by atoms with van der Waals surface area (Å²) in [7, 11) is 0. The van der Waals surface area contributed by atoms with Crippen LogP contribution in [0.4, 0.5) is 0 Å². The van der Waals surface area contributed by atoms with Gasteiger partial charge in [0.05, 0.1) is 0 Å². The number of nitrogens with zero attached hydrogens (tertiary/aromatic N) is 1. The predicted octanol–water partition coefficient (Wildman–Crippen LogP) is 4.02. The van der Waals surface area contributed by atoms with Crippen molar-refractivity contribution in [2.24, 2.45) is 0 Å². The van der Waals surface area contributed by atoms with E-state index in [4.69, 9.17) is 11.6 Å². The zero-order chi connectivity index (χ0) is 10.8. The Hall–Kier alpha value is -1.34. The number of pyridine rings is 1. The third-order valence-corrected chi connectivity index (χ3v) is 2.70. The molecule has 0 radical (unpaired) electrons. The summed E-state index contributed by atoms with van der Waals surface area (Å²) in [6, 6.07) is 10.2. The van der Waals surface area contributed by atoms with Gasteiger partial charge in [-0.1, -0.05) is 29.8 Å². The normalized spacial score (nSPS) is 10.3. The first-order chi connectivity index (χ1) is 7.18. The monoisotopic (exact) mass is 217 g/mol. The van der Waals surface area contributed by atoms with Crippen molar-refractivity contribution in [3.8, 4) is 11.1 Å². The van der Waals surface area contributed by atoms with Crippen LogP contribution >= 0.6 is 11.6 Å². The Labute approximate surface area is 94.7 Å². The molecule has 2 rings (SSSR count). The molecule has 0 aliphatic heterocycles. The predicted molar refractivity (Wildman–Crippen MR) is 64.2 cm³/mol. The Bertz CT molecular complexity index is 471. The van der Waals surface area contributed by atoms with Crippen LogP contribution in [0.15, 0.2) is 36.5 Å². The molecule has 1 nitrogen and oxygen atoms in total. The molecule has 0 N–H and O–H groups in total. The molecular weight excluding hydrogens is 206 g/mol. The number of hydrogen-bond acceptors (Lipinski definition) is 1. The Balaban J connectivity index is 2.63. The fourth-order valence-electron chi connectivity index (χ4n) is 1.83. The second kappa shape index (κ2) is 4.03. The molecule has 0 atom stereocenters. The molecule has 2 aromatic rings. The van der Waals surface area contributed by atoms with Crippen molar-refractivity contribution in [3.63, 3.8) is 0 Å². The SMILES string of the molecule is Cc1cccc(C)c1-c1ccnc(Cl)c1. The lowest BCUT2D eigenvalue weighted by molar-refractivity contribution is 1.31. The van der Waals surface area contributed by atoms with E-state index in [9.17, 15) is 0 Å². The zero-order valence-electron chi connectivity index (χ0n) is 8.79. The van der Waals surface area contributed by atoms with E-state index in [0.29, 0.717) is 5.15 Å². The summed E-state index contributed by atoms with van der Waals surface area (Å²) >= 11 is 5.89. The summed E-state index contributed by atoms with van der Waals surface area (Å²) < 4.78 is 0. The van der Waals surface area contributed by atoms with Gasteiger partial charge in [-0.2, -0.15) is 0 Å². The van der Waals surface area contributed by atoms with Gasteiger partial charge < -0.3 is 0 Å². The molecule has 2 heteroatoms. The first kappa shape index (κ1) is 10.2. The van der Waals surface area contributed by atoms with Crippen molar-refractivity contribution < 1.29 is 0 Å². The molecular formula is C13H12ClN. The highest BCUT2D eigenvalue weighted by atomic mass is 35.5. The molecule has 0 spiro atoms. The van der Waals surface area contributed by atoms with Crippen molar-refractivity contribution in [1.29, 1.82) is 0 Å². The molecule has 0 saturated carbocycles. The fourth-order valence-corrected chi connectivity index (χ4v) is 2.00. The Kier molecular flexibility index (Phi) is 2.74. The maximum absolute atomic E-state index is 5.89. The minimum atomic E-state index is 0.537. The van der Waals surface area contributed by atoms with Crippen LogP contribution in [0.3, 0.4) is 0 Å². The van der Waals surface area contributed by atoms with Crippen LogP contribution in [-0.2, 0) is 0 Å². The van der Waals surface area contributed by atoms with Gasteiger partial charge in [0.1, 0.15) is 5.15 Å². The van der Waals surface area contributed by atoms with E-state index in [1.54, 1.807) is 6.20 Å². The van der Waals surface area contributed by atoms with E-state index in [-0.39, 0.29) is 0 Å². The third kappa shape index (κ3) is 2.02. The zero-order valence-corrected chi connectivity index (χ0v) is 9.55. The molecule has 0 aliphatic rings. The maximum atomic E-state index is 5.89. The molecule has 1 heterocycles. The van der Waals surface area contributed by atoms with E-state index >= 15 is 0 Å². The molecule has 0 saturated heterocycles. The quantitative estimate of drug-likeness (QED) is 0.658. The van der Waals surface area contributed by atoms with Gasteiger partial charge >= 0.3 is 0 Å². The van der Waals surface area contributed by atoms with Gasteiger partial charge in [-0.05, 0) is 48.2 Å². The summed E-state index contributed by atoms with van der Waals surface area (Å²) in [5.74, 6) is 0. The smallest absolute Gasteiger partial charge is 0.129 e. The van der Waals surface area contributed by atoms with Crippen molar-refractivity contribution in [2.75, 3.05) is 0 Å². The van der Waals surface area contributed by atoms with Crippen molar-refractivity contribution in [2.45, 2.75) is 13.8 Å². The van der Waals surface area contributed by atoms with E-state index in [1.807, 2.05) is 12.1 Å². The molecule has 0 fully saturated rings. The molecule has 1 aromatic heterocycles. The maximum Gasteiger partial charge on any atom is 0.129 e. The number of aryl methyl sites for hydroxylation is 2. The largest absolute Gasteiger partial charge is 0.245 e. The summed E-state index contributed by atoms with van der Waals surface area (Å²) in [6.45, 7) is 4.22. The summed E-state index contributed by atoms with van der Waals surface area (Å²) in [5, 5.41) is 0.537. The lowest BCUT2D eigenvalue weighted by Gasteiger charge is -2.09. The van der Waals surface area contributed by atoms with Crippen molar-refractivity contribution in [3.05, 3.63) is 52.8 Å². The second-order valence-corrected chi connectivity index (χ2v) is 4.02. The minimum absolute atomic E-state index is 0.537. The molecule has 0 bridgehead atoms. The summed E-state index contributed by atoms with van der Waals surface area (Å²) in [5.41, 5.74) is 4.90. The Morgan fingerprint density at radius 1 is 1.07 bits per heavy atom. The van der Waals surface area contributed by atoms with E-state index in [2.05, 4.69) is 37.0 Å². The highest BCUT2D eigenvalue weighted by Crippen LogP contribution is 2.27. The lowest BCUT2D eigenvalue weighted by Crippen LogP contribution is -1.88. The average Bonchev–Trinajstić information content (AvgIpc) is 2.17. The van der Waals surface area contributed by atoms with Gasteiger partial charge in [-0.25, -0.2) is 4.98 Å². The van der Waals surface area contributed by atoms with Crippen LogP contribution in [0.5, 0.6) is 0 Å². The second-order valence-electron chi connectivity index (χ2n) is 3.63. The van der Waals surface area contributed by atoms with Crippen LogP contribution in [0, 0.1) is 13.8 Å². The first-order valence-electron chi connectivity index (χ1n) is 4.86. The highest BCUT2D eigenvalue weighted by Gasteiger charge is 2.05. The minimum Gasteiger partial charge on any atom is -0.245 e. The van der Waals surface area contributed by atoms with Gasteiger partial charge in [0.2, 0.25) is 0 Å². The molecule has 0 amide bonds. The Morgan fingerprint density at radius 2 is 1.73 bits per heavy atom. The van der Waals surface area contributed by atoms with Gasteiger partial charge in [0.25, 0.3) is 0 Å². The summed E-state index contributed by atoms with van der Waals surface area (Å²) in [6.07, 6.45) is 1.74. The van der Waals surface area contributed by atoms with Crippen LogP contribution in [0.2, 0.25) is 5.15 Å². The number of aromatic nitrogens is 1. The molecule has 15 heavy (non-hydrogen) atoms. The van der Waals surface area contributed by atoms with E-state index in [1.165, 1.54) is 16.7 Å². The lowest BCUT2D eigenvalue weighted by atomic mass is 9.97. The van der Waals surface area contributed by atoms with Crippen LogP contribution in [0.1, 0.15) is 11.1 Å². The third-order valence-electron chi connectivity index (χ3n) is 2.50. The average molecular weight is 218 g/mol. The molecule has 0 unspecified atom stereocenters. The van der Waals surface area contributed by atoms with Gasteiger partial charge in [-0.3, -0.25) is 0 Å². The molecule has 1 aromatic carbocycles. The molecule has 76 valence electrons. The van der Waals surface area contributed by atoms with Crippen molar-refractivity contribution >= 4 is 11.6 Å². The standard InChI is InChI=1S/C13H12ClN/c1-9-4-3-5-10(2)13(9)11-6-7-15-12(14)8-11/h3-8H,1-2H3. The number of hydrogen-bond donors (Lipinski definition) is 0. The first-order valence-corrected chi connectivity index (χ1v) is 5.24. The number of halogens is 1. The van der Waals surface area contributed by atoms with Gasteiger partial charge in [0.15, 0.2) is 0 Å². The molecule has 0 aliphatic carbocycles. The van der Waals surface area contributed by atoms with E-state index < -0.39 is 0 Å². The van der Waals surface area contributed by atoms with E-state index in [0.717, 1.165) is 5.56 Å². The summed E-state index contributed by atoms with van der Waals surface area (Å²) in [4.78, 5) is 3.99. The fraction of sp³-hybridized carbons (Fsp3) is 0.154. The van der Waals surface area contributed by atoms with Crippen LogP contribution < -0.4 is 0 Å². The number of benzene rings is 1. The van der Waals surface area contributed by atoms with Crippen LogP contribution in [-0.4, -0.2) is 4.98 Å². The van der Waals surface area contributed by atoms with Crippen molar-refractivity contribution in [1.82, 2.24) is 4.98 Å². The van der Waals surface area contributed by atoms with Gasteiger partial charge in [-0.15, -0.1) is 0 Å². The number of rotatable bonds is 1. The topological polar surface area (TPSA) is 12.9 Å². The van der Waals surface area contributed by atoms with Crippen LogP contribution in [0.25, 0.3) is 11.1 Å². The van der Waals surface area contributed by atoms with Gasteiger partial charge in [0, 0.05) is 6.20 Å². The highest BCUT2D eigenvalue weighted by molar-refractivity contribution is 6.29. The Morgan fingerprint density at radius 3 is 2.33 bits per heavy atom.